The molecule has 0 saturated carbocycles. The molecule has 0 spiro atoms. The fourth-order valence-electron chi connectivity index (χ4n) is 3.26. The molecule has 1 fully saturated rings. The van der Waals surface area contributed by atoms with Gasteiger partial charge in [0.2, 0.25) is 0 Å². The Hall–Kier alpha value is -3.47. The number of amides is 1. The Morgan fingerprint density at radius 1 is 1.21 bits per heavy atom. The summed E-state index contributed by atoms with van der Waals surface area (Å²) in [7, 11) is 0. The summed E-state index contributed by atoms with van der Waals surface area (Å²) < 4.78 is 5.87. The van der Waals surface area contributed by atoms with E-state index >= 15 is 0 Å². The number of hydrogen-bond donors (Lipinski definition) is 1. The number of hydrogen-bond acceptors (Lipinski definition) is 7. The number of nitrogens with zero attached hydrogens (tertiary/aromatic N) is 2. The second-order valence-electron chi connectivity index (χ2n) is 6.83. The Kier molecular flexibility index (Phi) is 6.32. The second kappa shape index (κ2) is 9.18. The van der Waals surface area contributed by atoms with E-state index in [1.54, 1.807) is 42.5 Å². The van der Waals surface area contributed by atoms with E-state index in [2.05, 4.69) is 0 Å². The van der Waals surface area contributed by atoms with Crippen LogP contribution in [0.15, 0.2) is 70.0 Å². The molecule has 3 aromatic rings. The minimum absolute atomic E-state index is 0.118. The summed E-state index contributed by atoms with van der Waals surface area (Å²) in [6.07, 6.45) is 1.46. The van der Waals surface area contributed by atoms with Crippen LogP contribution in [-0.2, 0) is 9.59 Å². The number of rotatable bonds is 6. The average molecular weight is 501 g/mol. The Bertz CT molecular complexity index is 1320. The van der Waals surface area contributed by atoms with Crippen molar-refractivity contribution in [3.8, 4) is 11.3 Å². The lowest BCUT2D eigenvalue weighted by Crippen LogP contribution is -2.37. The number of thiocarbonyl (C=S) groups is 1. The molecule has 33 heavy (non-hydrogen) atoms. The average Bonchev–Trinajstić information content (AvgIpc) is 3.34. The summed E-state index contributed by atoms with van der Waals surface area (Å²) in [6, 6.07) is 14.3. The number of thioether (sulfide) groups is 1. The lowest BCUT2D eigenvalue weighted by atomic mass is 10.1. The van der Waals surface area contributed by atoms with Crippen LogP contribution in [0.1, 0.15) is 17.4 Å². The maximum atomic E-state index is 13.0. The summed E-state index contributed by atoms with van der Waals surface area (Å²) in [5.74, 6) is -1.09. The van der Waals surface area contributed by atoms with Gasteiger partial charge in [-0.05, 0) is 23.8 Å². The van der Waals surface area contributed by atoms with Crippen molar-refractivity contribution in [1.29, 1.82) is 0 Å². The summed E-state index contributed by atoms with van der Waals surface area (Å²) >= 11 is 12.4. The second-order valence-corrected chi connectivity index (χ2v) is 8.91. The van der Waals surface area contributed by atoms with Crippen molar-refractivity contribution >= 4 is 63.5 Å². The number of carbonyl (C=O) groups is 2. The van der Waals surface area contributed by atoms with E-state index in [4.69, 9.17) is 28.2 Å². The molecule has 1 unspecified atom stereocenters. The molecule has 4 rings (SSSR count). The van der Waals surface area contributed by atoms with Crippen molar-refractivity contribution in [3.05, 3.63) is 92.0 Å². The van der Waals surface area contributed by atoms with Crippen LogP contribution in [0.5, 0.6) is 0 Å². The SMILES string of the molecule is O=C(O)C(c1ccccc1)N1C(=O)/C(=C/c2ccc(-c3ccc([N+](=O)[O-])cc3Cl)o2)SC1=S. The van der Waals surface area contributed by atoms with Gasteiger partial charge in [0.15, 0.2) is 6.04 Å². The lowest BCUT2D eigenvalue weighted by molar-refractivity contribution is -0.384. The Morgan fingerprint density at radius 3 is 2.58 bits per heavy atom. The highest BCUT2D eigenvalue weighted by atomic mass is 35.5. The van der Waals surface area contributed by atoms with Gasteiger partial charge in [0, 0.05) is 23.8 Å². The third-order valence-corrected chi connectivity index (χ3v) is 6.40. The topological polar surface area (TPSA) is 114 Å². The molecule has 166 valence electrons. The molecule has 2 heterocycles. The normalized spacial score (nSPS) is 15.8. The number of carbonyl (C=O) groups excluding carboxylic acids is 1. The summed E-state index contributed by atoms with van der Waals surface area (Å²) in [5.41, 5.74) is 0.728. The molecule has 1 aromatic heterocycles. The Labute approximate surface area is 201 Å². The summed E-state index contributed by atoms with van der Waals surface area (Å²) in [5, 5.41) is 20.8. The monoisotopic (exact) mass is 500 g/mol. The van der Waals surface area contributed by atoms with Gasteiger partial charge in [-0.25, -0.2) is 4.79 Å². The zero-order valence-corrected chi connectivity index (χ0v) is 18.9. The van der Waals surface area contributed by atoms with Gasteiger partial charge in [0.25, 0.3) is 11.6 Å². The van der Waals surface area contributed by atoms with Crippen molar-refractivity contribution in [3.63, 3.8) is 0 Å². The molecule has 1 amide bonds. The van der Waals surface area contributed by atoms with Crippen LogP contribution in [0.3, 0.4) is 0 Å². The molecule has 0 bridgehead atoms. The van der Waals surface area contributed by atoms with Crippen LogP contribution in [0, 0.1) is 10.1 Å². The van der Waals surface area contributed by atoms with E-state index in [0.29, 0.717) is 22.6 Å². The van der Waals surface area contributed by atoms with Crippen LogP contribution in [0.25, 0.3) is 17.4 Å². The van der Waals surface area contributed by atoms with E-state index in [-0.39, 0.29) is 19.9 Å². The van der Waals surface area contributed by atoms with Gasteiger partial charge in [-0.2, -0.15) is 0 Å². The van der Waals surface area contributed by atoms with Crippen molar-refractivity contribution in [1.82, 2.24) is 4.90 Å². The molecule has 1 N–H and O–H groups in total. The number of furan rings is 1. The number of carboxylic acid groups (broad SMARTS) is 1. The first-order chi connectivity index (χ1) is 15.8. The zero-order valence-electron chi connectivity index (χ0n) is 16.5. The van der Waals surface area contributed by atoms with E-state index in [1.807, 2.05) is 0 Å². The maximum Gasteiger partial charge on any atom is 0.331 e. The maximum absolute atomic E-state index is 13.0. The number of nitro benzene ring substituents is 1. The smallest absolute Gasteiger partial charge is 0.331 e. The van der Waals surface area contributed by atoms with Gasteiger partial charge in [0.05, 0.1) is 14.9 Å². The van der Waals surface area contributed by atoms with Crippen LogP contribution in [0.2, 0.25) is 5.02 Å². The first-order valence-corrected chi connectivity index (χ1v) is 11.0. The standard InChI is InChI=1S/C22H13ClN2O6S2/c23-16-10-13(25(29)30)6-8-15(16)17-9-7-14(31-17)11-18-20(26)24(22(32)33-18)19(21(27)28)12-4-2-1-3-5-12/h1-11,19H,(H,27,28)/b18-11-. The van der Waals surface area contributed by atoms with Crippen LogP contribution in [-0.4, -0.2) is 31.1 Å². The predicted molar refractivity (Wildman–Crippen MR) is 128 cm³/mol. The first kappa shape index (κ1) is 22.7. The molecular weight excluding hydrogens is 488 g/mol. The molecule has 1 aliphatic rings. The highest BCUT2D eigenvalue weighted by molar-refractivity contribution is 8.26. The molecule has 2 aromatic carbocycles. The molecule has 1 saturated heterocycles. The summed E-state index contributed by atoms with van der Waals surface area (Å²) in [4.78, 5) is 36.6. The fourth-order valence-corrected chi connectivity index (χ4v) is 4.82. The molecule has 0 aliphatic carbocycles. The van der Waals surface area contributed by atoms with Crippen molar-refractivity contribution in [2.75, 3.05) is 0 Å². The quantitative estimate of drug-likeness (QED) is 0.203. The van der Waals surface area contributed by atoms with Crippen LogP contribution >= 0.6 is 35.6 Å². The van der Waals surface area contributed by atoms with Gasteiger partial charge in [-0.3, -0.25) is 19.8 Å². The number of nitro groups is 1. The highest BCUT2D eigenvalue weighted by Crippen LogP contribution is 2.39. The van der Waals surface area contributed by atoms with E-state index in [0.717, 1.165) is 16.7 Å². The fraction of sp³-hybridized carbons (Fsp3) is 0.0455. The molecular formula is C22H13ClN2O6S2. The van der Waals surface area contributed by atoms with Gasteiger partial charge in [0.1, 0.15) is 15.8 Å². The van der Waals surface area contributed by atoms with E-state index < -0.39 is 22.8 Å². The molecule has 1 atom stereocenters. The van der Waals surface area contributed by atoms with Crippen molar-refractivity contribution < 1.29 is 24.0 Å². The number of non-ortho nitro benzene ring substituents is 1. The minimum atomic E-state index is -1.25. The molecule has 0 radical (unpaired) electrons. The van der Waals surface area contributed by atoms with Crippen LogP contribution < -0.4 is 0 Å². The summed E-state index contributed by atoms with van der Waals surface area (Å²) in [6.45, 7) is 0. The van der Waals surface area contributed by atoms with Crippen molar-refractivity contribution in [2.24, 2.45) is 0 Å². The number of aliphatic carboxylic acids is 1. The zero-order chi connectivity index (χ0) is 23.7. The number of halogens is 1. The largest absolute Gasteiger partial charge is 0.479 e. The Morgan fingerprint density at radius 2 is 1.94 bits per heavy atom. The van der Waals surface area contributed by atoms with Crippen molar-refractivity contribution in [2.45, 2.75) is 6.04 Å². The third kappa shape index (κ3) is 4.54. The highest BCUT2D eigenvalue weighted by Gasteiger charge is 2.41. The first-order valence-electron chi connectivity index (χ1n) is 9.35. The Balaban J connectivity index is 1.62. The molecule has 8 nitrogen and oxygen atoms in total. The van der Waals surface area contributed by atoms with Crippen LogP contribution in [0.4, 0.5) is 5.69 Å². The van der Waals surface area contributed by atoms with Gasteiger partial charge >= 0.3 is 5.97 Å². The molecule has 11 heteroatoms. The van der Waals surface area contributed by atoms with Gasteiger partial charge in [-0.15, -0.1) is 0 Å². The van der Waals surface area contributed by atoms with Gasteiger partial charge in [-0.1, -0.05) is 65.9 Å². The van der Waals surface area contributed by atoms with E-state index in [1.165, 1.54) is 24.3 Å². The van der Waals surface area contributed by atoms with Gasteiger partial charge < -0.3 is 9.52 Å². The minimum Gasteiger partial charge on any atom is -0.479 e. The lowest BCUT2D eigenvalue weighted by Gasteiger charge is -2.23. The molecule has 1 aliphatic heterocycles. The number of carboxylic acids is 1. The number of benzene rings is 2. The van der Waals surface area contributed by atoms with E-state index in [9.17, 15) is 24.8 Å². The predicted octanol–water partition coefficient (Wildman–Crippen LogP) is 5.54. The third-order valence-electron chi connectivity index (χ3n) is 4.76.